The molecule has 0 atom stereocenters. The average molecular weight is 366 g/mol. The molecule has 3 rings (SSSR count). The Kier molecular flexibility index (Phi) is 4.70. The fourth-order valence-corrected chi connectivity index (χ4v) is 2.88. The van der Waals surface area contributed by atoms with Gasteiger partial charge in [0.15, 0.2) is 5.54 Å². The summed E-state index contributed by atoms with van der Waals surface area (Å²) in [7, 11) is 1.62. The molecule has 1 heterocycles. The van der Waals surface area contributed by atoms with Crippen molar-refractivity contribution in [2.45, 2.75) is 38.8 Å². The summed E-state index contributed by atoms with van der Waals surface area (Å²) in [5.41, 5.74) is 0.642. The van der Waals surface area contributed by atoms with Crippen molar-refractivity contribution in [2.75, 3.05) is 7.11 Å². The van der Waals surface area contributed by atoms with E-state index >= 15 is 0 Å². The van der Waals surface area contributed by atoms with Gasteiger partial charge in [-0.2, -0.15) is 0 Å². The topological polar surface area (TPSA) is 70.8 Å². The summed E-state index contributed by atoms with van der Waals surface area (Å²) in [6, 6.07) is 14.7. The van der Waals surface area contributed by atoms with E-state index in [1.165, 1.54) is 0 Å². The predicted molar refractivity (Wildman–Crippen MR) is 105 cm³/mol. The number of benzene rings is 2. The van der Waals surface area contributed by atoms with Crippen LogP contribution in [-0.2, 0) is 5.21 Å². The van der Waals surface area contributed by atoms with E-state index in [2.05, 4.69) is 4.99 Å². The van der Waals surface area contributed by atoms with Gasteiger partial charge in [-0.1, -0.05) is 17.2 Å². The standard InChI is InChI=1S/C21H24N3O3/c1-20(2)21(3,4)24(26)19(23(20)25)16-8-6-15(7-9-16)14-22-17-10-12-18(27-5)13-11-17/h6-14H,1-5H3. The van der Waals surface area contributed by atoms with Crippen LogP contribution in [0.1, 0.15) is 38.8 Å². The first-order valence-corrected chi connectivity index (χ1v) is 8.79. The molecule has 6 nitrogen and oxygen atoms in total. The molecule has 0 saturated heterocycles. The van der Waals surface area contributed by atoms with Gasteiger partial charge in [-0.3, -0.25) is 9.73 Å². The maximum atomic E-state index is 12.7. The second-order valence-corrected chi connectivity index (χ2v) is 7.61. The highest BCUT2D eigenvalue weighted by atomic mass is 16.5. The number of hydrogen-bond donors (Lipinski definition) is 0. The number of amidine groups is 1. The van der Waals surface area contributed by atoms with Crippen molar-refractivity contribution in [3.63, 3.8) is 0 Å². The Balaban J connectivity index is 1.83. The SMILES string of the molecule is COc1ccc(N=Cc2ccc(C3=[N+]([O-])C(C)(C)C(C)(C)N3[O])cc2)cc1. The van der Waals surface area contributed by atoms with Crippen LogP contribution in [0.3, 0.4) is 0 Å². The summed E-state index contributed by atoms with van der Waals surface area (Å²) in [6.07, 6.45) is 1.74. The van der Waals surface area contributed by atoms with E-state index in [0.29, 0.717) is 5.56 Å². The van der Waals surface area contributed by atoms with Crippen molar-refractivity contribution >= 4 is 17.7 Å². The number of ether oxygens (including phenoxy) is 1. The summed E-state index contributed by atoms with van der Waals surface area (Å²) in [4.78, 5) is 4.42. The highest BCUT2D eigenvalue weighted by Gasteiger charge is 2.59. The van der Waals surface area contributed by atoms with Gasteiger partial charge in [-0.25, -0.2) is 0 Å². The van der Waals surface area contributed by atoms with Gasteiger partial charge >= 0.3 is 5.84 Å². The Morgan fingerprint density at radius 1 is 1.04 bits per heavy atom. The van der Waals surface area contributed by atoms with E-state index in [-0.39, 0.29) is 5.84 Å². The van der Waals surface area contributed by atoms with Gasteiger partial charge in [0.2, 0.25) is 0 Å². The number of nitrogens with zero attached hydrogens (tertiary/aromatic N) is 3. The second-order valence-electron chi connectivity index (χ2n) is 7.61. The molecule has 0 bridgehead atoms. The average Bonchev–Trinajstić information content (AvgIpc) is 2.78. The van der Waals surface area contributed by atoms with Gasteiger partial charge < -0.3 is 9.94 Å². The predicted octanol–water partition coefficient (Wildman–Crippen LogP) is 3.92. The van der Waals surface area contributed by atoms with Crippen molar-refractivity contribution in [2.24, 2.45) is 4.99 Å². The maximum Gasteiger partial charge on any atom is 0.316 e. The van der Waals surface area contributed by atoms with E-state index in [1.54, 1.807) is 53.2 Å². The van der Waals surface area contributed by atoms with Crippen LogP contribution in [0, 0.1) is 5.21 Å². The Labute approximate surface area is 159 Å². The molecule has 1 aliphatic heterocycles. The van der Waals surface area contributed by atoms with Crippen molar-refractivity contribution < 1.29 is 14.7 Å². The molecule has 1 radical (unpaired) electrons. The summed E-state index contributed by atoms with van der Waals surface area (Å²) in [5.74, 6) is 0.922. The van der Waals surface area contributed by atoms with E-state index < -0.39 is 11.1 Å². The molecule has 0 aromatic heterocycles. The molecule has 0 amide bonds. The third-order valence-electron chi connectivity index (χ3n) is 5.50. The monoisotopic (exact) mass is 366 g/mol. The number of hydrogen-bond acceptors (Lipinski definition) is 4. The molecule has 0 saturated carbocycles. The largest absolute Gasteiger partial charge is 0.714 e. The molecule has 2 aromatic carbocycles. The fraction of sp³-hybridized carbons (Fsp3) is 0.333. The molecule has 6 heteroatoms. The molecule has 1 aliphatic rings. The minimum absolute atomic E-state index is 0.142. The van der Waals surface area contributed by atoms with E-state index in [4.69, 9.17) is 4.74 Å². The molecule has 0 unspecified atom stereocenters. The normalized spacial score (nSPS) is 18.4. The van der Waals surface area contributed by atoms with Crippen LogP contribution in [0.2, 0.25) is 0 Å². The van der Waals surface area contributed by atoms with Crippen LogP contribution < -0.4 is 4.74 Å². The third kappa shape index (κ3) is 3.17. The smallest absolute Gasteiger partial charge is 0.316 e. The molecule has 0 fully saturated rings. The molecule has 2 aromatic rings. The first-order valence-electron chi connectivity index (χ1n) is 8.79. The lowest BCUT2D eigenvalue weighted by atomic mass is 9.84. The Morgan fingerprint density at radius 2 is 1.63 bits per heavy atom. The lowest BCUT2D eigenvalue weighted by Crippen LogP contribution is -2.53. The number of hydroxylamine groups is 3. The van der Waals surface area contributed by atoms with Crippen molar-refractivity contribution in [3.05, 3.63) is 64.9 Å². The van der Waals surface area contributed by atoms with Gasteiger partial charge in [0.05, 0.1) is 18.4 Å². The van der Waals surface area contributed by atoms with E-state index in [1.807, 2.05) is 36.4 Å². The van der Waals surface area contributed by atoms with Crippen molar-refractivity contribution in [3.8, 4) is 5.75 Å². The van der Waals surface area contributed by atoms with E-state index in [0.717, 1.165) is 26.8 Å². The number of methoxy groups -OCH3 is 1. The Hall–Kier alpha value is -2.86. The molecular formula is C21H24N3O3. The fourth-order valence-electron chi connectivity index (χ4n) is 2.88. The van der Waals surface area contributed by atoms with Crippen LogP contribution in [0.4, 0.5) is 5.69 Å². The third-order valence-corrected chi connectivity index (χ3v) is 5.50. The zero-order valence-electron chi connectivity index (χ0n) is 16.3. The van der Waals surface area contributed by atoms with Gasteiger partial charge in [-0.15, -0.1) is 0 Å². The van der Waals surface area contributed by atoms with Gasteiger partial charge in [0, 0.05) is 11.4 Å². The van der Waals surface area contributed by atoms with Gasteiger partial charge in [0.25, 0.3) is 0 Å². The van der Waals surface area contributed by atoms with Crippen LogP contribution in [-0.4, -0.2) is 40.0 Å². The lowest BCUT2D eigenvalue weighted by molar-refractivity contribution is -0.539. The zero-order chi connectivity index (χ0) is 19.8. The van der Waals surface area contributed by atoms with Crippen molar-refractivity contribution in [1.29, 1.82) is 0 Å². The Bertz CT molecular complexity index is 882. The number of rotatable bonds is 4. The molecular weight excluding hydrogens is 342 g/mol. The first kappa shape index (κ1) is 18.9. The molecule has 0 spiro atoms. The van der Waals surface area contributed by atoms with Crippen LogP contribution >= 0.6 is 0 Å². The molecule has 141 valence electrons. The van der Waals surface area contributed by atoms with Crippen LogP contribution in [0.25, 0.3) is 0 Å². The molecule has 27 heavy (non-hydrogen) atoms. The summed E-state index contributed by atoms with van der Waals surface area (Å²) in [6.45, 7) is 7.14. The Morgan fingerprint density at radius 3 is 2.11 bits per heavy atom. The summed E-state index contributed by atoms with van der Waals surface area (Å²) in [5, 5.41) is 26.2. The molecule has 0 aliphatic carbocycles. The summed E-state index contributed by atoms with van der Waals surface area (Å²) < 4.78 is 5.95. The maximum absolute atomic E-state index is 12.7. The highest BCUT2D eigenvalue weighted by molar-refractivity contribution is 5.96. The van der Waals surface area contributed by atoms with Crippen LogP contribution in [0.15, 0.2) is 53.5 Å². The molecule has 0 N–H and O–H groups in total. The zero-order valence-corrected chi connectivity index (χ0v) is 16.3. The lowest BCUT2D eigenvalue weighted by Gasteiger charge is -2.32. The quantitative estimate of drug-likeness (QED) is 0.468. The van der Waals surface area contributed by atoms with Gasteiger partial charge in [-0.05, 0) is 69.7 Å². The summed E-state index contributed by atoms with van der Waals surface area (Å²) >= 11 is 0. The van der Waals surface area contributed by atoms with Crippen LogP contribution in [0.5, 0.6) is 5.75 Å². The van der Waals surface area contributed by atoms with Gasteiger partial charge in [0.1, 0.15) is 11.3 Å². The minimum Gasteiger partial charge on any atom is -0.714 e. The van der Waals surface area contributed by atoms with E-state index in [9.17, 15) is 10.4 Å². The minimum atomic E-state index is -0.821. The first-order chi connectivity index (χ1) is 12.7. The highest BCUT2D eigenvalue weighted by Crippen LogP contribution is 2.37. The van der Waals surface area contributed by atoms with Crippen molar-refractivity contribution in [1.82, 2.24) is 5.06 Å². The second kappa shape index (κ2) is 6.70. The number of aliphatic imine (C=N–C) groups is 1.